The third kappa shape index (κ3) is 3.90. The van der Waals surface area contributed by atoms with Crippen LogP contribution < -0.4 is 5.32 Å². The molecule has 0 fully saturated rings. The van der Waals surface area contributed by atoms with Crippen molar-refractivity contribution in [2.45, 2.75) is 46.0 Å². The highest BCUT2D eigenvalue weighted by Crippen LogP contribution is 2.49. The molecule has 4 atom stereocenters. The summed E-state index contributed by atoms with van der Waals surface area (Å²) in [4.78, 5) is 30.3. The number of hydrogen-bond acceptors (Lipinski definition) is 5. The smallest absolute Gasteiger partial charge is 0.422 e. The van der Waals surface area contributed by atoms with Crippen molar-refractivity contribution in [2.24, 2.45) is 11.8 Å². The van der Waals surface area contributed by atoms with Gasteiger partial charge in [-0.15, -0.1) is 0 Å². The predicted molar refractivity (Wildman–Crippen MR) is 103 cm³/mol. The van der Waals surface area contributed by atoms with Crippen LogP contribution in [0.15, 0.2) is 23.6 Å². The first-order valence-corrected chi connectivity index (χ1v) is 9.47. The number of ether oxygens (including phenoxy) is 1. The number of pyridine rings is 1. The first-order chi connectivity index (χ1) is 14.0. The Bertz CT molecular complexity index is 928. The van der Waals surface area contributed by atoms with Gasteiger partial charge in [0, 0.05) is 36.9 Å². The molecule has 1 aromatic heterocycles. The van der Waals surface area contributed by atoms with Crippen LogP contribution in [0.2, 0.25) is 0 Å². The first-order valence-electron chi connectivity index (χ1n) is 9.47. The third-order valence-corrected chi connectivity index (χ3v) is 5.60. The van der Waals surface area contributed by atoms with Crippen LogP contribution in [0, 0.1) is 17.2 Å². The maximum Gasteiger partial charge on any atom is 0.422 e. The number of hydrogen-bond donors (Lipinski definition) is 2. The number of carbonyl (C=O) groups is 2. The monoisotopic (exact) mass is 424 g/mol. The fourth-order valence-corrected chi connectivity index (χ4v) is 4.19. The quantitative estimate of drug-likeness (QED) is 0.653. The Morgan fingerprint density at radius 1 is 1.47 bits per heavy atom. The van der Waals surface area contributed by atoms with Gasteiger partial charge in [-0.2, -0.15) is 13.2 Å². The van der Waals surface area contributed by atoms with E-state index >= 15 is 0 Å². The van der Waals surface area contributed by atoms with Gasteiger partial charge in [-0.3, -0.25) is 9.59 Å². The van der Waals surface area contributed by atoms with Crippen molar-refractivity contribution in [3.63, 3.8) is 0 Å². The van der Waals surface area contributed by atoms with Gasteiger partial charge in [0.15, 0.2) is 6.61 Å². The Balaban J connectivity index is 1.81. The molecular weight excluding hydrogens is 401 g/mol. The molecule has 1 aliphatic carbocycles. The van der Waals surface area contributed by atoms with Crippen LogP contribution in [0.1, 0.15) is 49.7 Å². The molecule has 0 saturated heterocycles. The van der Waals surface area contributed by atoms with Crippen LogP contribution >= 0.6 is 0 Å². The van der Waals surface area contributed by atoms with Gasteiger partial charge in [0.05, 0.1) is 17.5 Å². The Kier molecular flexibility index (Phi) is 5.62. The Morgan fingerprint density at radius 3 is 2.70 bits per heavy atom. The molecule has 2 N–H and O–H groups in total. The maximum absolute atomic E-state index is 13.1. The summed E-state index contributed by atoms with van der Waals surface area (Å²) in [5.74, 6) is -1.05. The summed E-state index contributed by atoms with van der Waals surface area (Å²) in [6, 6.07) is 0.651. The van der Waals surface area contributed by atoms with Crippen LogP contribution in [0.25, 0.3) is 0 Å². The average Bonchev–Trinajstić information content (AvgIpc) is 3.19. The SMILES string of the molecule is CC(=O)Nc1nccc2c1C(C)N(C(C)C(C=N)[C@@H]1C(C)=C1OCC(F)(F)F)C2=O. The molecule has 2 amide bonds. The lowest BCUT2D eigenvalue weighted by Crippen LogP contribution is -2.42. The van der Waals surface area contributed by atoms with Crippen LogP contribution in [0.4, 0.5) is 19.0 Å². The Labute approximate surface area is 171 Å². The van der Waals surface area contributed by atoms with Crippen molar-refractivity contribution in [2.75, 3.05) is 11.9 Å². The lowest BCUT2D eigenvalue weighted by atomic mass is 9.92. The van der Waals surface area contributed by atoms with Gasteiger partial charge in [-0.25, -0.2) is 4.98 Å². The minimum absolute atomic E-state index is 0.227. The number of rotatable bonds is 7. The molecule has 0 bridgehead atoms. The Hall–Kier alpha value is -2.91. The Morgan fingerprint density at radius 2 is 2.13 bits per heavy atom. The van der Waals surface area contributed by atoms with Crippen LogP contribution in [0.3, 0.4) is 0 Å². The van der Waals surface area contributed by atoms with Gasteiger partial charge in [0.2, 0.25) is 5.91 Å². The molecule has 10 heteroatoms. The minimum atomic E-state index is -4.44. The fourth-order valence-electron chi connectivity index (χ4n) is 4.19. The van der Waals surface area contributed by atoms with Gasteiger partial charge in [0.25, 0.3) is 5.91 Å². The molecule has 2 aliphatic rings. The van der Waals surface area contributed by atoms with Crippen molar-refractivity contribution in [1.29, 1.82) is 5.41 Å². The molecule has 0 radical (unpaired) electrons. The lowest BCUT2D eigenvalue weighted by Gasteiger charge is -2.34. The van der Waals surface area contributed by atoms with E-state index < -0.39 is 36.7 Å². The molecule has 7 nitrogen and oxygen atoms in total. The van der Waals surface area contributed by atoms with E-state index in [4.69, 9.17) is 10.1 Å². The molecule has 1 aromatic rings. The van der Waals surface area contributed by atoms with Gasteiger partial charge in [-0.1, -0.05) is 0 Å². The number of nitrogens with one attached hydrogen (secondary N) is 2. The van der Waals surface area contributed by atoms with E-state index in [0.29, 0.717) is 22.5 Å². The zero-order chi connectivity index (χ0) is 22.4. The average molecular weight is 424 g/mol. The van der Waals surface area contributed by atoms with E-state index in [1.165, 1.54) is 13.1 Å². The van der Waals surface area contributed by atoms with Crippen molar-refractivity contribution in [1.82, 2.24) is 9.88 Å². The van der Waals surface area contributed by atoms with Crippen LogP contribution in [-0.2, 0) is 9.53 Å². The molecule has 3 unspecified atom stereocenters. The predicted octanol–water partition coefficient (Wildman–Crippen LogP) is 3.69. The molecule has 0 aromatic carbocycles. The number of nitrogens with zero attached hydrogens (tertiary/aromatic N) is 2. The largest absolute Gasteiger partial charge is 0.488 e. The fraction of sp³-hybridized carbons (Fsp3) is 0.500. The number of allylic oxidation sites excluding steroid dienone is 2. The normalized spacial score (nSPS) is 22.5. The van der Waals surface area contributed by atoms with Crippen LogP contribution in [-0.4, -0.2) is 46.7 Å². The van der Waals surface area contributed by atoms with Gasteiger partial charge in [0.1, 0.15) is 11.6 Å². The summed E-state index contributed by atoms with van der Waals surface area (Å²) < 4.78 is 42.4. The van der Waals surface area contributed by atoms with Gasteiger partial charge in [-0.05, 0) is 32.4 Å². The van der Waals surface area contributed by atoms with E-state index in [9.17, 15) is 22.8 Å². The summed E-state index contributed by atoms with van der Waals surface area (Å²) in [6.45, 7) is 5.18. The van der Waals surface area contributed by atoms with Crippen molar-refractivity contribution >= 4 is 23.8 Å². The van der Waals surface area contributed by atoms with E-state index in [1.54, 1.807) is 31.7 Å². The standard InChI is InChI=1S/C20H23F3N4O3/c1-9-15(17(9)30-8-20(21,22)23)14(7-24)10(2)27-11(3)16-13(19(27)29)5-6-25-18(16)26-12(4)28/h5-7,10-11,14-15,24H,8H2,1-4H3,(H,25,26,28)/t10?,11?,14?,15-/m0/s1. The molecule has 1 aliphatic heterocycles. The van der Waals surface area contributed by atoms with E-state index in [1.807, 2.05) is 0 Å². The second-order valence-electron chi connectivity index (χ2n) is 7.60. The number of amides is 2. The first kappa shape index (κ1) is 21.8. The maximum atomic E-state index is 13.1. The highest BCUT2D eigenvalue weighted by molar-refractivity contribution is 6.02. The second kappa shape index (κ2) is 7.73. The van der Waals surface area contributed by atoms with Crippen molar-refractivity contribution < 1.29 is 27.5 Å². The number of aromatic nitrogens is 1. The summed E-state index contributed by atoms with van der Waals surface area (Å²) in [5, 5.41) is 10.5. The van der Waals surface area contributed by atoms with Gasteiger partial charge >= 0.3 is 6.18 Å². The molecule has 0 spiro atoms. The van der Waals surface area contributed by atoms with Gasteiger partial charge < -0.3 is 20.4 Å². The zero-order valence-electron chi connectivity index (χ0n) is 17.0. The second-order valence-corrected chi connectivity index (χ2v) is 7.60. The highest BCUT2D eigenvalue weighted by Gasteiger charge is 2.49. The summed E-state index contributed by atoms with van der Waals surface area (Å²) in [6.07, 6.45) is -1.86. The van der Waals surface area contributed by atoms with E-state index in [2.05, 4.69) is 10.3 Å². The molecule has 2 heterocycles. The zero-order valence-corrected chi connectivity index (χ0v) is 17.0. The number of fused-ring (bicyclic) bond motifs is 1. The molecule has 30 heavy (non-hydrogen) atoms. The lowest BCUT2D eigenvalue weighted by molar-refractivity contribution is -0.164. The third-order valence-electron chi connectivity index (χ3n) is 5.60. The van der Waals surface area contributed by atoms with E-state index in [0.717, 1.165) is 6.21 Å². The van der Waals surface area contributed by atoms with Crippen molar-refractivity contribution in [3.05, 3.63) is 34.7 Å². The van der Waals surface area contributed by atoms with Crippen LogP contribution in [0.5, 0.6) is 0 Å². The molecule has 162 valence electrons. The van der Waals surface area contributed by atoms with E-state index in [-0.39, 0.29) is 17.6 Å². The van der Waals surface area contributed by atoms with Crippen molar-refractivity contribution in [3.8, 4) is 0 Å². The molecule has 3 rings (SSSR count). The topological polar surface area (TPSA) is 95.4 Å². The molecule has 0 saturated carbocycles. The summed E-state index contributed by atoms with van der Waals surface area (Å²) in [5.41, 5.74) is 1.64. The number of carbonyl (C=O) groups excluding carboxylic acids is 2. The number of anilines is 1. The highest BCUT2D eigenvalue weighted by atomic mass is 19.4. The summed E-state index contributed by atoms with van der Waals surface area (Å²) >= 11 is 0. The molecular formula is C20H23F3N4O3. The number of halogens is 3. The number of alkyl halides is 3. The summed E-state index contributed by atoms with van der Waals surface area (Å²) in [7, 11) is 0. The minimum Gasteiger partial charge on any atom is -0.488 e.